The van der Waals surface area contributed by atoms with Crippen molar-refractivity contribution in [2.75, 3.05) is 19.7 Å². The fourth-order valence-corrected chi connectivity index (χ4v) is 2.45. The van der Waals surface area contributed by atoms with E-state index >= 15 is 0 Å². The molecular formula is C17H19NO2. The van der Waals surface area contributed by atoms with Crippen LogP contribution in [0.25, 0.3) is 6.08 Å². The Hall–Kier alpha value is -2.00. The zero-order valence-corrected chi connectivity index (χ0v) is 11.4. The Labute approximate surface area is 119 Å². The van der Waals surface area contributed by atoms with Crippen LogP contribution >= 0.6 is 0 Å². The van der Waals surface area contributed by atoms with Crippen LogP contribution in [0.3, 0.4) is 0 Å². The van der Waals surface area contributed by atoms with E-state index in [9.17, 15) is 0 Å². The van der Waals surface area contributed by atoms with Crippen LogP contribution in [0, 0.1) is 5.92 Å². The molecule has 3 heteroatoms. The Kier molecular flexibility index (Phi) is 4.19. The van der Waals surface area contributed by atoms with Crippen molar-refractivity contribution in [1.82, 2.24) is 5.32 Å². The van der Waals surface area contributed by atoms with Gasteiger partial charge in [0, 0.05) is 19.0 Å². The molecule has 0 saturated carbocycles. The van der Waals surface area contributed by atoms with Crippen molar-refractivity contribution >= 4 is 6.08 Å². The third-order valence-corrected chi connectivity index (χ3v) is 3.48. The maximum Gasteiger partial charge on any atom is 0.126 e. The average molecular weight is 269 g/mol. The molecular weight excluding hydrogens is 250 g/mol. The summed E-state index contributed by atoms with van der Waals surface area (Å²) in [6.45, 7) is 2.61. The summed E-state index contributed by atoms with van der Waals surface area (Å²) in [6, 6.07) is 12.1. The van der Waals surface area contributed by atoms with Gasteiger partial charge in [-0.1, -0.05) is 24.3 Å². The van der Waals surface area contributed by atoms with Crippen LogP contribution in [0.15, 0.2) is 53.2 Å². The first kappa shape index (κ1) is 13.0. The molecule has 104 valence electrons. The van der Waals surface area contributed by atoms with Crippen molar-refractivity contribution in [3.63, 3.8) is 0 Å². The summed E-state index contributed by atoms with van der Waals surface area (Å²) >= 11 is 0. The highest BCUT2D eigenvalue weighted by Crippen LogP contribution is 2.26. The van der Waals surface area contributed by atoms with Crippen molar-refractivity contribution in [2.45, 2.75) is 6.42 Å². The van der Waals surface area contributed by atoms with E-state index in [0.29, 0.717) is 5.92 Å². The summed E-state index contributed by atoms with van der Waals surface area (Å²) in [6.07, 6.45) is 6.84. The van der Waals surface area contributed by atoms with Gasteiger partial charge in [-0.25, -0.2) is 0 Å². The molecule has 2 aromatic rings. The summed E-state index contributed by atoms with van der Waals surface area (Å²) < 4.78 is 11.0. The van der Waals surface area contributed by atoms with Crippen LogP contribution in [0.4, 0.5) is 0 Å². The average Bonchev–Trinajstić information content (AvgIpc) is 3.00. The van der Waals surface area contributed by atoms with E-state index in [1.54, 1.807) is 6.26 Å². The third-order valence-electron chi connectivity index (χ3n) is 3.48. The minimum atomic E-state index is 0.543. The molecule has 2 heterocycles. The molecule has 0 unspecified atom stereocenters. The molecule has 1 atom stereocenters. The number of hydrogen-bond donors (Lipinski definition) is 1. The number of benzene rings is 1. The van der Waals surface area contributed by atoms with Gasteiger partial charge in [0.2, 0.25) is 0 Å². The minimum Gasteiger partial charge on any atom is -0.493 e. The first-order valence-corrected chi connectivity index (χ1v) is 7.03. The number of ether oxygens (including phenoxy) is 1. The molecule has 0 saturated heterocycles. The monoisotopic (exact) mass is 269 g/mol. The molecule has 3 nitrogen and oxygen atoms in total. The molecule has 1 aliphatic rings. The molecule has 0 fully saturated rings. The summed E-state index contributed by atoms with van der Waals surface area (Å²) in [5.74, 6) is 2.48. The topological polar surface area (TPSA) is 34.4 Å². The van der Waals surface area contributed by atoms with Gasteiger partial charge in [0.1, 0.15) is 11.5 Å². The molecule has 0 spiro atoms. The largest absolute Gasteiger partial charge is 0.493 e. The molecule has 1 N–H and O–H groups in total. The Morgan fingerprint density at radius 3 is 3.05 bits per heavy atom. The lowest BCUT2D eigenvalue weighted by molar-refractivity contribution is 0.219. The summed E-state index contributed by atoms with van der Waals surface area (Å²) in [5, 5.41) is 3.44. The number of fused-ring (bicyclic) bond motifs is 1. The highest BCUT2D eigenvalue weighted by Gasteiger charge is 2.18. The molecule has 1 aromatic heterocycles. The fraction of sp³-hybridized carbons (Fsp3) is 0.294. The third kappa shape index (κ3) is 3.31. The van der Waals surface area contributed by atoms with E-state index in [1.165, 1.54) is 5.56 Å². The normalized spacial score (nSPS) is 17.9. The zero-order valence-electron chi connectivity index (χ0n) is 11.4. The summed E-state index contributed by atoms with van der Waals surface area (Å²) in [7, 11) is 0. The van der Waals surface area contributed by atoms with Gasteiger partial charge in [0.15, 0.2) is 0 Å². The predicted molar refractivity (Wildman–Crippen MR) is 79.7 cm³/mol. The van der Waals surface area contributed by atoms with Gasteiger partial charge in [-0.05, 0) is 36.3 Å². The van der Waals surface area contributed by atoms with Crippen molar-refractivity contribution in [1.29, 1.82) is 0 Å². The lowest BCUT2D eigenvalue weighted by atomic mass is 9.97. The van der Waals surface area contributed by atoms with Gasteiger partial charge in [0.25, 0.3) is 0 Å². The maximum atomic E-state index is 5.78. The number of furan rings is 1. The predicted octanol–water partition coefficient (Wildman–Crippen LogP) is 3.13. The summed E-state index contributed by atoms with van der Waals surface area (Å²) in [5.41, 5.74) is 1.32. The van der Waals surface area contributed by atoms with Gasteiger partial charge >= 0.3 is 0 Å². The van der Waals surface area contributed by atoms with Crippen LogP contribution in [0.2, 0.25) is 0 Å². The zero-order chi connectivity index (χ0) is 13.6. The highest BCUT2D eigenvalue weighted by atomic mass is 16.5. The van der Waals surface area contributed by atoms with Crippen molar-refractivity contribution in [2.24, 2.45) is 5.92 Å². The highest BCUT2D eigenvalue weighted by molar-refractivity contribution is 5.42. The van der Waals surface area contributed by atoms with Crippen LogP contribution in [-0.4, -0.2) is 19.7 Å². The fourth-order valence-electron chi connectivity index (χ4n) is 2.45. The molecule has 20 heavy (non-hydrogen) atoms. The van der Waals surface area contributed by atoms with Crippen LogP contribution in [-0.2, 0) is 6.42 Å². The van der Waals surface area contributed by atoms with Crippen molar-refractivity contribution in [3.8, 4) is 5.75 Å². The number of hydrogen-bond acceptors (Lipinski definition) is 3. The quantitative estimate of drug-likeness (QED) is 0.847. The Balaban J connectivity index is 1.42. The van der Waals surface area contributed by atoms with Crippen molar-refractivity contribution in [3.05, 3.63) is 60.1 Å². The molecule has 0 amide bonds. The standard InChI is InChI=1S/C17H19NO2/c1-2-8-17-15(5-1)11-14(13-20-17)12-18-9-3-6-16-7-4-10-19-16/h1-8,10,14,18H,9,11-13H2/b6-3+/t14-/m1/s1. The molecule has 1 aliphatic heterocycles. The first-order valence-electron chi connectivity index (χ1n) is 7.03. The van der Waals surface area contributed by atoms with Gasteiger partial charge in [-0.15, -0.1) is 0 Å². The SMILES string of the molecule is C(=C\c1ccco1)/CNC[C@@H]1COc2ccccc2C1. The van der Waals surface area contributed by atoms with Crippen LogP contribution in [0.5, 0.6) is 5.75 Å². The Bertz CT molecular complexity index is 560. The van der Waals surface area contributed by atoms with E-state index in [2.05, 4.69) is 23.5 Å². The van der Waals surface area contributed by atoms with Crippen molar-refractivity contribution < 1.29 is 9.15 Å². The Morgan fingerprint density at radius 1 is 1.20 bits per heavy atom. The molecule has 3 rings (SSSR count). The van der Waals surface area contributed by atoms with E-state index < -0.39 is 0 Å². The van der Waals surface area contributed by atoms with E-state index in [4.69, 9.17) is 9.15 Å². The van der Waals surface area contributed by atoms with Gasteiger partial charge in [-0.2, -0.15) is 0 Å². The lowest BCUT2D eigenvalue weighted by Gasteiger charge is -2.25. The Morgan fingerprint density at radius 2 is 2.15 bits per heavy atom. The van der Waals surface area contributed by atoms with Crippen LogP contribution in [0.1, 0.15) is 11.3 Å². The second kappa shape index (κ2) is 6.44. The van der Waals surface area contributed by atoms with E-state index in [-0.39, 0.29) is 0 Å². The second-order valence-electron chi connectivity index (χ2n) is 5.06. The molecule has 0 radical (unpaired) electrons. The molecule has 0 bridgehead atoms. The van der Waals surface area contributed by atoms with E-state index in [1.807, 2.05) is 30.3 Å². The lowest BCUT2D eigenvalue weighted by Crippen LogP contribution is -2.31. The first-order chi connectivity index (χ1) is 9.92. The number of nitrogens with one attached hydrogen (secondary N) is 1. The number of rotatable bonds is 5. The summed E-state index contributed by atoms with van der Waals surface area (Å²) in [4.78, 5) is 0. The minimum absolute atomic E-state index is 0.543. The second-order valence-corrected chi connectivity index (χ2v) is 5.06. The van der Waals surface area contributed by atoms with Gasteiger partial charge < -0.3 is 14.5 Å². The molecule has 0 aliphatic carbocycles. The van der Waals surface area contributed by atoms with Gasteiger partial charge in [0.05, 0.1) is 12.9 Å². The maximum absolute atomic E-state index is 5.78. The van der Waals surface area contributed by atoms with E-state index in [0.717, 1.165) is 37.6 Å². The molecule has 1 aromatic carbocycles. The van der Waals surface area contributed by atoms with Gasteiger partial charge in [-0.3, -0.25) is 0 Å². The van der Waals surface area contributed by atoms with Crippen LogP contribution < -0.4 is 10.1 Å². The smallest absolute Gasteiger partial charge is 0.126 e. The number of para-hydroxylation sites is 1.